The van der Waals surface area contributed by atoms with E-state index in [0.717, 1.165) is 23.6 Å². The molecule has 1 aromatic heterocycles. The van der Waals surface area contributed by atoms with Gasteiger partial charge in [0.2, 0.25) is 0 Å². The van der Waals surface area contributed by atoms with Crippen LogP contribution >= 0.6 is 22.9 Å². The van der Waals surface area contributed by atoms with Gasteiger partial charge in [-0.05, 0) is 37.8 Å². The number of aliphatic hydroxyl groups excluding tert-OH is 1. The maximum absolute atomic E-state index is 9.45. The number of aliphatic hydroxyl groups is 1. The van der Waals surface area contributed by atoms with E-state index in [1.54, 1.807) is 11.3 Å². The summed E-state index contributed by atoms with van der Waals surface area (Å²) in [6, 6.07) is 4.35. The van der Waals surface area contributed by atoms with E-state index in [1.807, 2.05) is 6.07 Å². The second-order valence-electron chi connectivity index (χ2n) is 4.54. The SMILES string of the molecule is CCC(NC1(CO)CCC1)c1ccc(Cl)s1. The van der Waals surface area contributed by atoms with Crippen LogP contribution < -0.4 is 5.32 Å². The lowest BCUT2D eigenvalue weighted by atomic mass is 9.76. The second kappa shape index (κ2) is 5.05. The minimum atomic E-state index is -0.0306. The molecule has 2 N–H and O–H groups in total. The number of thiophene rings is 1. The minimum absolute atomic E-state index is 0.0306. The molecular weight excluding hydrogens is 242 g/mol. The third kappa shape index (κ3) is 2.43. The first-order chi connectivity index (χ1) is 7.69. The summed E-state index contributed by atoms with van der Waals surface area (Å²) in [7, 11) is 0. The lowest BCUT2D eigenvalue weighted by Crippen LogP contribution is -2.54. The molecule has 1 fully saturated rings. The van der Waals surface area contributed by atoms with Crippen molar-refractivity contribution in [1.82, 2.24) is 5.32 Å². The van der Waals surface area contributed by atoms with E-state index in [9.17, 15) is 5.11 Å². The van der Waals surface area contributed by atoms with Crippen LogP contribution in [0.25, 0.3) is 0 Å². The zero-order chi connectivity index (χ0) is 11.6. The predicted octanol–water partition coefficient (Wildman–Crippen LogP) is 3.36. The van der Waals surface area contributed by atoms with Crippen LogP contribution in [0.15, 0.2) is 12.1 Å². The van der Waals surface area contributed by atoms with Gasteiger partial charge in [0.15, 0.2) is 0 Å². The van der Waals surface area contributed by atoms with Crippen LogP contribution in [0.4, 0.5) is 0 Å². The number of halogens is 1. The van der Waals surface area contributed by atoms with Crippen molar-refractivity contribution in [2.75, 3.05) is 6.61 Å². The molecule has 1 aliphatic rings. The Bertz CT molecular complexity index is 343. The molecule has 1 heterocycles. The van der Waals surface area contributed by atoms with Gasteiger partial charge in [0.25, 0.3) is 0 Å². The van der Waals surface area contributed by atoms with Crippen molar-refractivity contribution in [3.05, 3.63) is 21.3 Å². The summed E-state index contributed by atoms with van der Waals surface area (Å²) in [4.78, 5) is 1.27. The molecule has 2 nitrogen and oxygen atoms in total. The molecule has 90 valence electrons. The maximum atomic E-state index is 9.45. The summed E-state index contributed by atoms with van der Waals surface area (Å²) in [5, 5.41) is 13.0. The summed E-state index contributed by atoms with van der Waals surface area (Å²) in [5.74, 6) is 0. The third-order valence-corrected chi connectivity index (χ3v) is 4.78. The molecule has 16 heavy (non-hydrogen) atoms. The predicted molar refractivity (Wildman–Crippen MR) is 69.2 cm³/mol. The van der Waals surface area contributed by atoms with Crippen LogP contribution in [0.1, 0.15) is 43.5 Å². The van der Waals surface area contributed by atoms with Gasteiger partial charge < -0.3 is 10.4 Å². The van der Waals surface area contributed by atoms with E-state index in [2.05, 4.69) is 18.3 Å². The lowest BCUT2D eigenvalue weighted by molar-refractivity contribution is 0.0762. The molecule has 1 atom stereocenters. The fourth-order valence-electron chi connectivity index (χ4n) is 2.21. The van der Waals surface area contributed by atoms with E-state index >= 15 is 0 Å². The normalized spacial score (nSPS) is 20.4. The maximum Gasteiger partial charge on any atom is 0.0931 e. The smallest absolute Gasteiger partial charge is 0.0931 e. The summed E-state index contributed by atoms with van der Waals surface area (Å²) < 4.78 is 0.835. The van der Waals surface area contributed by atoms with E-state index < -0.39 is 0 Å². The fourth-order valence-corrected chi connectivity index (χ4v) is 3.41. The summed E-state index contributed by atoms with van der Waals surface area (Å²) in [6.45, 7) is 2.40. The highest BCUT2D eigenvalue weighted by molar-refractivity contribution is 7.16. The van der Waals surface area contributed by atoms with Crippen molar-refractivity contribution < 1.29 is 5.11 Å². The Labute approximate surface area is 106 Å². The first kappa shape index (κ1) is 12.4. The van der Waals surface area contributed by atoms with Crippen molar-refractivity contribution in [3.8, 4) is 0 Å². The average Bonchev–Trinajstić information content (AvgIpc) is 2.65. The van der Waals surface area contributed by atoms with Crippen LogP contribution in [0.5, 0.6) is 0 Å². The van der Waals surface area contributed by atoms with Gasteiger partial charge in [-0.2, -0.15) is 0 Å². The quantitative estimate of drug-likeness (QED) is 0.850. The average molecular weight is 260 g/mol. The summed E-state index contributed by atoms with van der Waals surface area (Å²) >= 11 is 7.58. The van der Waals surface area contributed by atoms with Gasteiger partial charge in [-0.25, -0.2) is 0 Å². The molecular formula is C12H18ClNOS. The van der Waals surface area contributed by atoms with Crippen LogP contribution in [0.3, 0.4) is 0 Å². The lowest BCUT2D eigenvalue weighted by Gasteiger charge is -2.43. The van der Waals surface area contributed by atoms with E-state index in [1.165, 1.54) is 11.3 Å². The Morgan fingerprint density at radius 2 is 2.31 bits per heavy atom. The molecule has 1 saturated carbocycles. The Balaban J connectivity index is 2.05. The third-order valence-electron chi connectivity index (χ3n) is 3.44. The van der Waals surface area contributed by atoms with Crippen LogP contribution in [0.2, 0.25) is 4.34 Å². The van der Waals surface area contributed by atoms with Gasteiger partial charge in [-0.1, -0.05) is 18.5 Å². The standard InChI is InChI=1S/C12H18ClNOS/c1-2-9(10-4-5-11(13)16-10)14-12(8-15)6-3-7-12/h4-5,9,14-15H,2-3,6-8H2,1H3. The minimum Gasteiger partial charge on any atom is -0.394 e. The van der Waals surface area contributed by atoms with Gasteiger partial charge in [-0.15, -0.1) is 11.3 Å². The first-order valence-corrected chi connectivity index (χ1v) is 7.02. The van der Waals surface area contributed by atoms with E-state index in [-0.39, 0.29) is 12.1 Å². The van der Waals surface area contributed by atoms with Gasteiger partial charge in [0.1, 0.15) is 0 Å². The van der Waals surface area contributed by atoms with Crippen LogP contribution in [0, 0.1) is 0 Å². The van der Waals surface area contributed by atoms with Gasteiger partial charge in [0, 0.05) is 16.5 Å². The molecule has 1 aromatic rings. The first-order valence-electron chi connectivity index (χ1n) is 5.83. The molecule has 0 bridgehead atoms. The zero-order valence-electron chi connectivity index (χ0n) is 9.50. The number of hydrogen-bond acceptors (Lipinski definition) is 3. The molecule has 0 radical (unpaired) electrons. The Hall–Kier alpha value is -0.0900. The largest absolute Gasteiger partial charge is 0.394 e. The van der Waals surface area contributed by atoms with Crippen LogP contribution in [-0.2, 0) is 0 Å². The Kier molecular flexibility index (Phi) is 3.90. The van der Waals surface area contributed by atoms with Crippen molar-refractivity contribution in [2.24, 2.45) is 0 Å². The highest BCUT2D eigenvalue weighted by atomic mass is 35.5. The topological polar surface area (TPSA) is 32.3 Å². The molecule has 4 heteroatoms. The summed E-state index contributed by atoms with van der Waals surface area (Å²) in [6.07, 6.45) is 4.41. The Morgan fingerprint density at radius 1 is 1.56 bits per heavy atom. The van der Waals surface area contributed by atoms with Crippen LogP contribution in [-0.4, -0.2) is 17.3 Å². The molecule has 0 aliphatic heterocycles. The van der Waals surface area contributed by atoms with Gasteiger partial charge in [-0.3, -0.25) is 0 Å². The van der Waals surface area contributed by atoms with Gasteiger partial charge in [0.05, 0.1) is 10.9 Å². The number of rotatable bonds is 5. The molecule has 0 amide bonds. The highest BCUT2D eigenvalue weighted by Gasteiger charge is 2.37. The van der Waals surface area contributed by atoms with Crippen molar-refractivity contribution in [2.45, 2.75) is 44.2 Å². The highest BCUT2D eigenvalue weighted by Crippen LogP contribution is 2.36. The number of hydrogen-bond donors (Lipinski definition) is 2. The second-order valence-corrected chi connectivity index (χ2v) is 6.29. The van der Waals surface area contributed by atoms with Crippen molar-refractivity contribution in [1.29, 1.82) is 0 Å². The zero-order valence-corrected chi connectivity index (χ0v) is 11.1. The molecule has 0 spiro atoms. The molecule has 1 unspecified atom stereocenters. The van der Waals surface area contributed by atoms with Gasteiger partial charge >= 0.3 is 0 Å². The summed E-state index contributed by atoms with van der Waals surface area (Å²) in [5.41, 5.74) is -0.0306. The number of nitrogens with one attached hydrogen (secondary N) is 1. The Morgan fingerprint density at radius 3 is 2.69 bits per heavy atom. The monoisotopic (exact) mass is 259 g/mol. The molecule has 2 rings (SSSR count). The fraction of sp³-hybridized carbons (Fsp3) is 0.667. The molecule has 0 aromatic carbocycles. The van der Waals surface area contributed by atoms with E-state index in [0.29, 0.717) is 6.04 Å². The van der Waals surface area contributed by atoms with Crippen molar-refractivity contribution >= 4 is 22.9 Å². The van der Waals surface area contributed by atoms with E-state index in [4.69, 9.17) is 11.6 Å². The molecule has 1 aliphatic carbocycles. The molecule has 0 saturated heterocycles. The van der Waals surface area contributed by atoms with Crippen molar-refractivity contribution in [3.63, 3.8) is 0 Å².